The molecule has 0 bridgehead atoms. The molecule has 33 nitrogen and oxygen atoms in total. The van der Waals surface area contributed by atoms with Crippen LogP contribution in [-0.2, 0) is 57.5 Å². The van der Waals surface area contributed by atoms with Crippen molar-refractivity contribution >= 4 is 76.8 Å². The van der Waals surface area contributed by atoms with Crippen molar-refractivity contribution in [2.75, 3.05) is 19.7 Å². The summed E-state index contributed by atoms with van der Waals surface area (Å²) in [6.07, 6.45) is -3.61. The van der Waals surface area contributed by atoms with Gasteiger partial charge in [0, 0.05) is 18.9 Å². The molecule has 0 radical (unpaired) electrons. The first-order valence-electron chi connectivity index (χ1n) is 30.6. The summed E-state index contributed by atoms with van der Waals surface area (Å²) in [4.78, 5) is 179. The summed E-state index contributed by atoms with van der Waals surface area (Å²) >= 11 is 0. The molecule has 1 aliphatic heterocycles. The van der Waals surface area contributed by atoms with Gasteiger partial charge in [-0.05, 0) is 79.2 Å². The Kier molecular flexibility index (Phi) is 32.0. The number of aliphatic imine (C=N–C) groups is 1. The van der Waals surface area contributed by atoms with Crippen LogP contribution in [0.2, 0.25) is 0 Å². The molecule has 1 aromatic heterocycles. The van der Waals surface area contributed by atoms with E-state index in [0.29, 0.717) is 0 Å². The normalized spacial score (nSPS) is 24.7. The van der Waals surface area contributed by atoms with Gasteiger partial charge in [0.15, 0.2) is 12.1 Å². The molecule has 92 heavy (non-hydrogen) atoms. The van der Waals surface area contributed by atoms with Crippen molar-refractivity contribution in [1.29, 1.82) is 0 Å². The topological polar surface area (TPSA) is 547 Å². The van der Waals surface area contributed by atoms with Crippen molar-refractivity contribution in [2.45, 2.75) is 213 Å². The molecule has 12 amide bonds. The van der Waals surface area contributed by atoms with Crippen molar-refractivity contribution < 1.29 is 78.0 Å². The van der Waals surface area contributed by atoms with Crippen molar-refractivity contribution in [3.63, 3.8) is 0 Å². The van der Waals surface area contributed by atoms with Gasteiger partial charge in [-0.15, -0.1) is 0 Å². The van der Waals surface area contributed by atoms with E-state index in [9.17, 15) is 73.2 Å². The highest BCUT2D eigenvalue weighted by Gasteiger charge is 2.43. The van der Waals surface area contributed by atoms with Crippen LogP contribution in [0.1, 0.15) is 140 Å². The zero-order valence-corrected chi connectivity index (χ0v) is 54.9. The van der Waals surface area contributed by atoms with Crippen LogP contribution in [0.15, 0.2) is 29.5 Å². The van der Waals surface area contributed by atoms with Crippen LogP contribution in [0, 0.1) is 28.6 Å². The summed E-state index contributed by atoms with van der Waals surface area (Å²) in [5.41, 5.74) is 21.5. The summed E-state index contributed by atoms with van der Waals surface area (Å²) in [5.74, 6) is -16.5. The summed E-state index contributed by atoms with van der Waals surface area (Å²) < 4.78 is 0. The van der Waals surface area contributed by atoms with Crippen LogP contribution in [0.3, 0.4) is 0 Å². The Balaban J connectivity index is 3.16. The molecule has 518 valence electrons. The first-order chi connectivity index (χ1) is 42.6. The number of nitrogens with zero attached hydrogens (tertiary/aromatic N) is 2. The number of nitrogens with one attached hydrogen (secondary N) is 11. The molecule has 23 N–H and O–H groups in total. The Morgan fingerprint density at radius 3 is 1.74 bits per heavy atom. The van der Waals surface area contributed by atoms with Crippen LogP contribution in [0.5, 0.6) is 0 Å². The second-order valence-electron chi connectivity index (χ2n) is 26.3. The van der Waals surface area contributed by atoms with Gasteiger partial charge >= 0.3 is 0 Å². The second kappa shape index (κ2) is 36.8. The Morgan fingerprint density at radius 2 is 1.22 bits per heavy atom. The zero-order valence-electron chi connectivity index (χ0n) is 54.9. The number of amides is 12. The number of carbonyl (C=O) groups is 12. The number of nitrogens with two attached hydrogens (primary N) is 4. The fourth-order valence-corrected chi connectivity index (χ4v) is 9.54. The van der Waals surface area contributed by atoms with Crippen molar-refractivity contribution in [2.24, 2.45) is 56.5 Å². The molecule has 0 aromatic carbocycles. The lowest BCUT2D eigenvalue weighted by atomic mass is 9.86. The lowest BCUT2D eigenvalue weighted by Crippen LogP contribution is -2.65. The number of rotatable bonds is 21. The van der Waals surface area contributed by atoms with Gasteiger partial charge in [-0.3, -0.25) is 67.5 Å². The van der Waals surface area contributed by atoms with Crippen molar-refractivity contribution in [1.82, 2.24) is 63.5 Å². The number of aliphatic hydroxyl groups is 4. The second-order valence-corrected chi connectivity index (χ2v) is 26.3. The maximum atomic E-state index is 15.5. The third-order valence-electron chi connectivity index (χ3n) is 14.7. The van der Waals surface area contributed by atoms with Gasteiger partial charge in [0.25, 0.3) is 0 Å². The van der Waals surface area contributed by atoms with Crippen LogP contribution in [-0.4, -0.2) is 201 Å². The van der Waals surface area contributed by atoms with Crippen LogP contribution in [0.25, 0.3) is 0 Å². The molecular weight excluding hydrogens is 1200 g/mol. The Morgan fingerprint density at radius 1 is 0.674 bits per heavy atom. The van der Waals surface area contributed by atoms with E-state index in [1.54, 1.807) is 48.5 Å². The van der Waals surface area contributed by atoms with Crippen LogP contribution in [0.4, 0.5) is 0 Å². The third-order valence-corrected chi connectivity index (χ3v) is 14.7. The molecule has 33 heteroatoms. The van der Waals surface area contributed by atoms with E-state index in [-0.39, 0.29) is 62.5 Å². The van der Waals surface area contributed by atoms with E-state index in [1.807, 2.05) is 26.1 Å². The van der Waals surface area contributed by atoms with Crippen molar-refractivity contribution in [3.05, 3.63) is 30.1 Å². The van der Waals surface area contributed by atoms with Gasteiger partial charge in [-0.2, -0.15) is 0 Å². The van der Waals surface area contributed by atoms with E-state index >= 15 is 4.79 Å². The molecular formula is C59H101N17O16. The average Bonchev–Trinajstić information content (AvgIpc) is 0.845. The predicted octanol–water partition coefficient (Wildman–Crippen LogP) is -5.69. The smallest absolute Gasteiger partial charge is 0.248 e. The van der Waals surface area contributed by atoms with E-state index < -0.39 is 191 Å². The Bertz CT molecular complexity index is 2740. The number of hydrogen-bond donors (Lipinski definition) is 19. The zero-order chi connectivity index (χ0) is 70.3. The standard InChI is InChI=1S/C59H101N17O16/c1-14-29(6)38-53(89)73-39(30(7)78)52(88)66-25-37(79)71-43(45(81)46(61)82)56(92)70-36(26-77)51(87)74-40(31-17-15-19-64-24-31)41(75-50(86)35(23-59(11,12)13)69-47(83)32(60)22-58(8,9)10)54(90)76-42(44(80)28(4)5)55(91)68-34(21-27(2)3)49(85)67-33(48(84)72-38)18-16-20-65-57(62)63/h15,17,19,24,27-30,32-36,38-45,77-78,80-81H,14,16,18,20-23,25-26,60H2,1-13H3,(H2,61,82)(H,66,88)(H,67,85)(H,68,91)(H,69,83)(H,70,92)(H,71,79)(H,72,84)(H,73,89)(H,74,87)(H,75,86)(H,76,90)(H4,62,63,65)/t29-,30-,32+,33+,34-,35-,36?,38-,39-,40+,41-,42-,43?,44+,45-/m0/s1. The minimum Gasteiger partial charge on any atom is -0.394 e. The fraction of sp³-hybridized carbons (Fsp3) is 0.695. The number of aliphatic hydroxyl groups excluding tert-OH is 4. The lowest BCUT2D eigenvalue weighted by molar-refractivity contribution is -0.140. The number of pyridine rings is 1. The van der Waals surface area contributed by atoms with E-state index in [4.69, 9.17) is 22.9 Å². The number of guanidine groups is 1. The molecule has 0 saturated carbocycles. The largest absolute Gasteiger partial charge is 0.394 e. The van der Waals surface area contributed by atoms with Crippen LogP contribution >= 0.6 is 0 Å². The van der Waals surface area contributed by atoms with E-state index in [0.717, 1.165) is 13.1 Å². The van der Waals surface area contributed by atoms with Gasteiger partial charge < -0.3 is 102 Å². The third kappa shape index (κ3) is 26.6. The average molecular weight is 1300 g/mol. The molecule has 1 aromatic rings. The molecule has 2 rings (SSSR count). The molecule has 1 aliphatic rings. The van der Waals surface area contributed by atoms with E-state index in [2.05, 4.69) is 63.1 Å². The maximum Gasteiger partial charge on any atom is 0.248 e. The quantitative estimate of drug-likeness (QED) is 0.0310. The number of carbonyl (C=O) groups excluding carboxylic acids is 12. The fourth-order valence-electron chi connectivity index (χ4n) is 9.54. The van der Waals surface area contributed by atoms with E-state index in [1.165, 1.54) is 32.2 Å². The highest BCUT2D eigenvalue weighted by atomic mass is 16.3. The molecule has 1 saturated heterocycles. The summed E-state index contributed by atoms with van der Waals surface area (Å²) in [5, 5.41) is 71.0. The summed E-state index contributed by atoms with van der Waals surface area (Å²) in [6.45, 7) is 19.1. The number of hydrogen-bond acceptors (Lipinski definition) is 19. The minimum absolute atomic E-state index is 0.0457. The number of aromatic nitrogens is 1. The van der Waals surface area contributed by atoms with Gasteiger partial charge in [0.2, 0.25) is 70.9 Å². The first kappa shape index (κ1) is 80.0. The molecule has 0 spiro atoms. The molecule has 15 atom stereocenters. The summed E-state index contributed by atoms with van der Waals surface area (Å²) in [6, 6.07) is -16.9. The van der Waals surface area contributed by atoms with Gasteiger partial charge in [0.1, 0.15) is 54.4 Å². The van der Waals surface area contributed by atoms with Crippen LogP contribution < -0.4 is 81.4 Å². The monoisotopic (exact) mass is 1300 g/mol. The lowest BCUT2D eigenvalue weighted by Gasteiger charge is -2.35. The molecule has 0 aliphatic carbocycles. The highest BCUT2D eigenvalue weighted by Crippen LogP contribution is 2.25. The Hall–Kier alpha value is -8.14. The summed E-state index contributed by atoms with van der Waals surface area (Å²) in [7, 11) is 0. The van der Waals surface area contributed by atoms with Gasteiger partial charge in [0.05, 0.1) is 37.4 Å². The van der Waals surface area contributed by atoms with Gasteiger partial charge in [-0.25, -0.2) is 0 Å². The Labute approximate surface area is 536 Å². The minimum atomic E-state index is -2.57. The predicted molar refractivity (Wildman–Crippen MR) is 335 cm³/mol. The van der Waals surface area contributed by atoms with Crippen molar-refractivity contribution in [3.8, 4) is 0 Å². The molecule has 2 heterocycles. The maximum absolute atomic E-state index is 15.5. The highest BCUT2D eigenvalue weighted by molar-refractivity contribution is 6.00. The van der Waals surface area contributed by atoms with Gasteiger partial charge in [-0.1, -0.05) is 95.6 Å². The SMILES string of the molecule is CC[C@H](C)[C@@H]1NC(=O)[C@@H](CCCN=C(N)N)NC(=O)[C@H](CC(C)C)NC(=O)[C@H]([C@H](O)C(C)C)NC(=O)[C@@H](NC(=O)[C@H](CC(C)(C)C)NC(=O)[C@H](N)CC(C)(C)C)[C@@H](c2cccnc2)NC(=O)C(CO)NC(=O)C([C@H](O)C(N)=O)NC(=O)CNC(=O)[C@H]([C@H](C)O)NC1=O. The first-order valence-corrected chi connectivity index (χ1v) is 30.6. The number of primary amides is 1. The molecule has 1 fully saturated rings. The molecule has 2 unspecified atom stereocenters.